The first-order valence-electron chi connectivity index (χ1n) is 6.50. The highest BCUT2D eigenvalue weighted by molar-refractivity contribution is 7.80. The maximum Gasteiger partial charge on any atom is 0.137 e. The molecule has 1 atom stereocenters. The zero-order valence-electron chi connectivity index (χ0n) is 11.4. The quantitative estimate of drug-likeness (QED) is 0.722. The summed E-state index contributed by atoms with van der Waals surface area (Å²) in [7, 11) is 0. The number of para-hydroxylation sites is 1. The van der Waals surface area contributed by atoms with E-state index in [0.717, 1.165) is 21.5 Å². The summed E-state index contributed by atoms with van der Waals surface area (Å²) >= 11 is 6.75. The van der Waals surface area contributed by atoms with Gasteiger partial charge in [0.1, 0.15) is 15.8 Å². The Bertz CT molecular complexity index is 783. The highest BCUT2D eigenvalue weighted by Crippen LogP contribution is 2.25. The number of benzene rings is 1. The van der Waals surface area contributed by atoms with Gasteiger partial charge in [-0.05, 0) is 19.1 Å². The summed E-state index contributed by atoms with van der Waals surface area (Å²) in [5, 5.41) is 7.33. The van der Waals surface area contributed by atoms with Crippen molar-refractivity contribution in [2.24, 2.45) is 5.73 Å². The minimum atomic E-state index is 0.0479. The van der Waals surface area contributed by atoms with Gasteiger partial charge in [-0.1, -0.05) is 30.4 Å². The van der Waals surface area contributed by atoms with E-state index in [1.54, 1.807) is 17.5 Å². The molecule has 1 aromatic carbocycles. The average molecular weight is 314 g/mol. The molecule has 0 spiro atoms. The van der Waals surface area contributed by atoms with E-state index in [9.17, 15) is 0 Å². The van der Waals surface area contributed by atoms with Crippen LogP contribution in [0.15, 0.2) is 41.9 Å². The van der Waals surface area contributed by atoms with Gasteiger partial charge < -0.3 is 11.1 Å². The molecule has 0 aliphatic rings. The molecule has 4 nitrogen and oxygen atoms in total. The molecule has 1 unspecified atom stereocenters. The van der Waals surface area contributed by atoms with Gasteiger partial charge in [-0.15, -0.1) is 11.3 Å². The molecule has 0 bridgehead atoms. The third kappa shape index (κ3) is 2.86. The van der Waals surface area contributed by atoms with Crippen LogP contribution < -0.4 is 11.1 Å². The van der Waals surface area contributed by atoms with Crippen molar-refractivity contribution in [2.45, 2.75) is 13.0 Å². The smallest absolute Gasteiger partial charge is 0.137 e. The molecule has 0 saturated heterocycles. The third-order valence-corrected chi connectivity index (χ3v) is 4.34. The molecular weight excluding hydrogens is 300 g/mol. The van der Waals surface area contributed by atoms with E-state index in [1.165, 1.54) is 0 Å². The third-order valence-electron chi connectivity index (χ3n) is 3.16. The largest absolute Gasteiger partial charge is 0.389 e. The zero-order chi connectivity index (χ0) is 14.8. The molecule has 2 aromatic heterocycles. The zero-order valence-corrected chi connectivity index (χ0v) is 13.0. The van der Waals surface area contributed by atoms with Crippen molar-refractivity contribution in [3.05, 3.63) is 52.5 Å². The lowest BCUT2D eigenvalue weighted by Crippen LogP contribution is -2.16. The van der Waals surface area contributed by atoms with Crippen molar-refractivity contribution in [3.63, 3.8) is 0 Å². The van der Waals surface area contributed by atoms with E-state index < -0.39 is 0 Å². The van der Waals surface area contributed by atoms with Crippen LogP contribution in [0.3, 0.4) is 0 Å². The minimum absolute atomic E-state index is 0.0479. The molecule has 0 amide bonds. The molecular formula is C15H14N4S2. The topological polar surface area (TPSA) is 63.8 Å². The molecule has 0 fully saturated rings. The van der Waals surface area contributed by atoms with Crippen LogP contribution in [0, 0.1) is 0 Å². The number of pyridine rings is 1. The van der Waals surface area contributed by atoms with E-state index in [4.69, 9.17) is 18.0 Å². The SMILES string of the molecule is CC(Nc1nc2ccccc2cc1C(N)=S)c1nccs1. The Morgan fingerprint density at radius 1 is 1.38 bits per heavy atom. The monoisotopic (exact) mass is 314 g/mol. The number of nitrogens with zero attached hydrogens (tertiary/aromatic N) is 2. The molecule has 0 radical (unpaired) electrons. The Balaban J connectivity index is 2.03. The summed E-state index contributed by atoms with van der Waals surface area (Å²) in [5.74, 6) is 0.698. The second-order valence-corrected chi connectivity index (χ2v) is 6.04. The molecule has 3 rings (SSSR count). The number of rotatable bonds is 4. The number of anilines is 1. The molecule has 21 heavy (non-hydrogen) atoms. The molecule has 0 aliphatic carbocycles. The van der Waals surface area contributed by atoms with Crippen LogP contribution in [-0.2, 0) is 0 Å². The van der Waals surface area contributed by atoms with Crippen molar-refractivity contribution in [1.82, 2.24) is 9.97 Å². The lowest BCUT2D eigenvalue weighted by Gasteiger charge is -2.16. The lowest BCUT2D eigenvalue weighted by atomic mass is 10.1. The van der Waals surface area contributed by atoms with Crippen molar-refractivity contribution in [3.8, 4) is 0 Å². The Kier molecular flexibility index (Phi) is 3.81. The first-order chi connectivity index (χ1) is 10.1. The highest BCUT2D eigenvalue weighted by Gasteiger charge is 2.14. The number of aromatic nitrogens is 2. The summed E-state index contributed by atoms with van der Waals surface area (Å²) < 4.78 is 0. The fourth-order valence-electron chi connectivity index (χ4n) is 2.13. The van der Waals surface area contributed by atoms with Gasteiger partial charge in [0.05, 0.1) is 17.1 Å². The van der Waals surface area contributed by atoms with Crippen LogP contribution in [0.25, 0.3) is 10.9 Å². The summed E-state index contributed by atoms with van der Waals surface area (Å²) in [6, 6.07) is 9.92. The predicted octanol–water partition coefficient (Wildman–Crippen LogP) is 3.50. The number of hydrogen-bond donors (Lipinski definition) is 2. The number of nitrogens with one attached hydrogen (secondary N) is 1. The van der Waals surface area contributed by atoms with Crippen LogP contribution >= 0.6 is 23.6 Å². The van der Waals surface area contributed by atoms with E-state index in [2.05, 4.69) is 15.3 Å². The van der Waals surface area contributed by atoms with E-state index >= 15 is 0 Å². The van der Waals surface area contributed by atoms with Crippen molar-refractivity contribution in [1.29, 1.82) is 0 Å². The maximum atomic E-state index is 5.84. The number of fused-ring (bicyclic) bond motifs is 1. The van der Waals surface area contributed by atoms with Crippen LogP contribution in [0.5, 0.6) is 0 Å². The Labute approximate surface area is 132 Å². The van der Waals surface area contributed by atoms with Gasteiger partial charge >= 0.3 is 0 Å². The van der Waals surface area contributed by atoms with E-state index in [-0.39, 0.29) is 6.04 Å². The standard InChI is InChI=1S/C15H14N4S2/c1-9(15-17-6-7-21-15)18-14-11(13(16)20)8-10-4-2-3-5-12(10)19-14/h2-9H,1H3,(H2,16,20)(H,18,19). The first kappa shape index (κ1) is 13.9. The summed E-state index contributed by atoms with van der Waals surface area (Å²) in [5.41, 5.74) is 7.50. The summed E-state index contributed by atoms with van der Waals surface area (Å²) in [6.45, 7) is 2.04. The second kappa shape index (κ2) is 5.75. The normalized spacial score (nSPS) is 12.2. The van der Waals surface area contributed by atoms with E-state index in [1.807, 2.05) is 42.6 Å². The van der Waals surface area contributed by atoms with Crippen molar-refractivity contribution in [2.75, 3.05) is 5.32 Å². The highest BCUT2D eigenvalue weighted by atomic mass is 32.1. The second-order valence-electron chi connectivity index (χ2n) is 4.68. The summed E-state index contributed by atoms with van der Waals surface area (Å²) in [6.07, 6.45) is 1.79. The molecule has 2 heterocycles. The van der Waals surface area contributed by atoms with E-state index in [0.29, 0.717) is 10.8 Å². The van der Waals surface area contributed by atoms with Crippen molar-refractivity contribution < 1.29 is 0 Å². The Morgan fingerprint density at radius 2 is 2.19 bits per heavy atom. The number of hydrogen-bond acceptors (Lipinski definition) is 5. The predicted molar refractivity (Wildman–Crippen MR) is 91.8 cm³/mol. The maximum absolute atomic E-state index is 5.84. The fourth-order valence-corrected chi connectivity index (χ4v) is 2.93. The molecule has 0 saturated carbocycles. The van der Waals surface area contributed by atoms with Gasteiger partial charge in [-0.3, -0.25) is 0 Å². The fraction of sp³-hybridized carbons (Fsp3) is 0.133. The first-order valence-corrected chi connectivity index (χ1v) is 7.79. The Hall–Kier alpha value is -2.05. The molecule has 3 N–H and O–H groups in total. The minimum Gasteiger partial charge on any atom is -0.389 e. The molecule has 6 heteroatoms. The molecule has 0 aliphatic heterocycles. The van der Waals surface area contributed by atoms with Gasteiger partial charge in [0.15, 0.2) is 0 Å². The van der Waals surface area contributed by atoms with Crippen LogP contribution in [0.4, 0.5) is 5.82 Å². The van der Waals surface area contributed by atoms with Crippen LogP contribution in [0.2, 0.25) is 0 Å². The van der Waals surface area contributed by atoms with Gasteiger partial charge in [0, 0.05) is 17.0 Å². The average Bonchev–Trinajstić information content (AvgIpc) is 3.00. The lowest BCUT2D eigenvalue weighted by molar-refractivity contribution is 0.862. The number of nitrogens with two attached hydrogens (primary N) is 1. The van der Waals surface area contributed by atoms with Gasteiger partial charge in [0.25, 0.3) is 0 Å². The molecule has 3 aromatic rings. The van der Waals surface area contributed by atoms with Crippen LogP contribution in [-0.4, -0.2) is 15.0 Å². The van der Waals surface area contributed by atoms with Crippen LogP contribution in [0.1, 0.15) is 23.5 Å². The van der Waals surface area contributed by atoms with Gasteiger partial charge in [-0.25, -0.2) is 9.97 Å². The summed E-state index contributed by atoms with van der Waals surface area (Å²) in [4.78, 5) is 9.29. The molecule has 106 valence electrons. The van der Waals surface area contributed by atoms with Gasteiger partial charge in [0.2, 0.25) is 0 Å². The number of thiazole rings is 1. The van der Waals surface area contributed by atoms with Crippen molar-refractivity contribution >= 4 is 45.3 Å². The van der Waals surface area contributed by atoms with Gasteiger partial charge in [-0.2, -0.15) is 0 Å². The number of thiocarbonyl (C=S) groups is 1. The Morgan fingerprint density at radius 3 is 2.90 bits per heavy atom.